The van der Waals surface area contributed by atoms with Crippen LogP contribution in [0.25, 0.3) is 27.5 Å². The molecule has 0 saturated carbocycles. The zero-order chi connectivity index (χ0) is 17.6. The molecule has 2 heterocycles. The number of halogens is 1. The average Bonchev–Trinajstić information content (AvgIpc) is 3.08. The molecule has 0 aliphatic heterocycles. The summed E-state index contributed by atoms with van der Waals surface area (Å²) in [6.45, 7) is 0. The molecule has 0 spiro atoms. The van der Waals surface area contributed by atoms with Crippen LogP contribution in [0.4, 0.5) is 0 Å². The van der Waals surface area contributed by atoms with E-state index in [0.29, 0.717) is 16.1 Å². The van der Waals surface area contributed by atoms with Gasteiger partial charge in [0.25, 0.3) is 0 Å². The van der Waals surface area contributed by atoms with Crippen LogP contribution in [0.3, 0.4) is 0 Å². The quantitative estimate of drug-likeness (QED) is 0.546. The highest BCUT2D eigenvalue weighted by molar-refractivity contribution is 6.31. The summed E-state index contributed by atoms with van der Waals surface area (Å²) in [6.07, 6.45) is 0. The molecule has 4 aromatic rings. The Hall–Kier alpha value is -3.05. The van der Waals surface area contributed by atoms with Crippen molar-refractivity contribution in [1.82, 2.24) is 9.61 Å². The van der Waals surface area contributed by atoms with Crippen molar-refractivity contribution in [2.24, 2.45) is 0 Å². The number of ether oxygens (including phenoxy) is 1. The van der Waals surface area contributed by atoms with Crippen LogP contribution in [-0.2, 0) is 4.74 Å². The Morgan fingerprint density at radius 2 is 1.88 bits per heavy atom. The molecule has 4 rings (SSSR count). The van der Waals surface area contributed by atoms with Crippen LogP contribution >= 0.6 is 11.6 Å². The molecule has 6 heteroatoms. The summed E-state index contributed by atoms with van der Waals surface area (Å²) in [4.78, 5) is 11.8. The third-order valence-corrected chi connectivity index (χ3v) is 4.34. The molecule has 0 bridgehead atoms. The number of aromatic hydroxyl groups is 1. The van der Waals surface area contributed by atoms with Crippen LogP contribution in [0.5, 0.6) is 5.75 Å². The van der Waals surface area contributed by atoms with E-state index in [1.165, 1.54) is 17.7 Å². The standard InChI is InChI=1S/C19H13ClN2O3/c1-25-19(24)14-10-16-18(23)17(11-5-3-2-4-6-11)13-9-12(20)7-8-15(13)22(16)21-14/h2-10,23H,1H3. The average molecular weight is 353 g/mol. The molecule has 2 aromatic carbocycles. The Labute approximate surface area is 148 Å². The Morgan fingerprint density at radius 3 is 2.60 bits per heavy atom. The van der Waals surface area contributed by atoms with Gasteiger partial charge in [0, 0.05) is 22.0 Å². The van der Waals surface area contributed by atoms with Crippen LogP contribution in [0, 0.1) is 0 Å². The molecule has 0 saturated heterocycles. The summed E-state index contributed by atoms with van der Waals surface area (Å²) in [5.74, 6) is -0.532. The molecule has 0 unspecified atom stereocenters. The molecule has 2 aromatic heterocycles. The fourth-order valence-electron chi connectivity index (χ4n) is 2.98. The molecular weight excluding hydrogens is 340 g/mol. The summed E-state index contributed by atoms with van der Waals surface area (Å²) in [5.41, 5.74) is 2.76. The predicted molar refractivity (Wildman–Crippen MR) is 96.1 cm³/mol. The molecule has 1 N–H and O–H groups in total. The van der Waals surface area contributed by atoms with E-state index in [0.717, 1.165) is 16.5 Å². The lowest BCUT2D eigenvalue weighted by Gasteiger charge is -2.12. The fraction of sp³-hybridized carbons (Fsp3) is 0.0526. The van der Waals surface area contributed by atoms with Gasteiger partial charge in [-0.05, 0) is 23.8 Å². The molecule has 124 valence electrons. The van der Waals surface area contributed by atoms with Crippen LogP contribution < -0.4 is 0 Å². The Kier molecular flexibility index (Phi) is 3.58. The van der Waals surface area contributed by atoms with E-state index >= 15 is 0 Å². The van der Waals surface area contributed by atoms with Gasteiger partial charge in [0.1, 0.15) is 11.3 Å². The van der Waals surface area contributed by atoms with Crippen molar-refractivity contribution in [2.75, 3.05) is 7.11 Å². The van der Waals surface area contributed by atoms with Crippen LogP contribution in [0.1, 0.15) is 10.5 Å². The molecule has 0 aliphatic carbocycles. The number of rotatable bonds is 2. The zero-order valence-corrected chi connectivity index (χ0v) is 14.0. The minimum Gasteiger partial charge on any atom is -0.505 e. The monoisotopic (exact) mass is 352 g/mol. The first-order valence-corrected chi connectivity index (χ1v) is 7.95. The van der Waals surface area contributed by atoms with Gasteiger partial charge in [0.05, 0.1) is 12.6 Å². The minimum atomic E-state index is -0.563. The second-order valence-corrected chi connectivity index (χ2v) is 6.01. The second-order valence-electron chi connectivity index (χ2n) is 5.57. The number of esters is 1. The SMILES string of the molecule is COC(=O)c1cc2c(O)c(-c3ccccc3)c3cc(Cl)ccc3n2n1. The maximum Gasteiger partial charge on any atom is 0.358 e. The van der Waals surface area contributed by atoms with E-state index < -0.39 is 5.97 Å². The Morgan fingerprint density at radius 1 is 1.12 bits per heavy atom. The maximum atomic E-state index is 11.8. The predicted octanol–water partition coefficient (Wildman–Crippen LogP) is 4.30. The number of pyridine rings is 1. The number of carbonyl (C=O) groups is 1. The first kappa shape index (κ1) is 15.5. The van der Waals surface area contributed by atoms with Crippen molar-refractivity contribution in [3.8, 4) is 16.9 Å². The molecule has 0 fully saturated rings. The van der Waals surface area contributed by atoms with Gasteiger partial charge in [-0.1, -0.05) is 41.9 Å². The van der Waals surface area contributed by atoms with Crippen molar-refractivity contribution in [3.05, 3.63) is 65.3 Å². The smallest absolute Gasteiger partial charge is 0.358 e. The molecule has 0 amide bonds. The lowest BCUT2D eigenvalue weighted by Crippen LogP contribution is -2.02. The van der Waals surface area contributed by atoms with Crippen molar-refractivity contribution >= 4 is 34.0 Å². The van der Waals surface area contributed by atoms with Crippen molar-refractivity contribution in [1.29, 1.82) is 0 Å². The summed E-state index contributed by atoms with van der Waals surface area (Å²) < 4.78 is 6.26. The van der Waals surface area contributed by atoms with E-state index in [9.17, 15) is 9.90 Å². The lowest BCUT2D eigenvalue weighted by molar-refractivity contribution is 0.0593. The van der Waals surface area contributed by atoms with Crippen molar-refractivity contribution in [3.63, 3.8) is 0 Å². The Bertz CT molecular complexity index is 1120. The second kappa shape index (κ2) is 5.79. The van der Waals surface area contributed by atoms with Gasteiger partial charge in [-0.25, -0.2) is 9.31 Å². The van der Waals surface area contributed by atoms with E-state index in [-0.39, 0.29) is 11.4 Å². The highest BCUT2D eigenvalue weighted by Crippen LogP contribution is 2.40. The van der Waals surface area contributed by atoms with Gasteiger partial charge in [0.15, 0.2) is 5.69 Å². The zero-order valence-electron chi connectivity index (χ0n) is 13.2. The third kappa shape index (κ3) is 2.40. The summed E-state index contributed by atoms with van der Waals surface area (Å²) in [6, 6.07) is 16.4. The molecule has 5 nitrogen and oxygen atoms in total. The molecule has 0 radical (unpaired) electrons. The fourth-order valence-corrected chi connectivity index (χ4v) is 3.16. The molecular formula is C19H13ClN2O3. The minimum absolute atomic E-state index is 0.0311. The highest BCUT2D eigenvalue weighted by Gasteiger charge is 2.20. The Balaban J connectivity index is 2.17. The van der Waals surface area contributed by atoms with Crippen LogP contribution in [0.2, 0.25) is 5.02 Å². The number of fused-ring (bicyclic) bond motifs is 3. The van der Waals surface area contributed by atoms with E-state index in [2.05, 4.69) is 5.10 Å². The first-order chi connectivity index (χ1) is 12.1. The van der Waals surface area contributed by atoms with E-state index in [1.807, 2.05) is 36.4 Å². The number of nitrogens with zero attached hydrogens (tertiary/aromatic N) is 2. The summed E-state index contributed by atoms with van der Waals surface area (Å²) in [5, 5.41) is 16.5. The highest BCUT2D eigenvalue weighted by atomic mass is 35.5. The largest absolute Gasteiger partial charge is 0.505 e. The van der Waals surface area contributed by atoms with Gasteiger partial charge in [0.2, 0.25) is 0 Å². The lowest BCUT2D eigenvalue weighted by atomic mass is 9.99. The van der Waals surface area contributed by atoms with Gasteiger partial charge in [-0.3, -0.25) is 0 Å². The maximum absolute atomic E-state index is 11.8. The number of hydrogen-bond donors (Lipinski definition) is 1. The molecule has 0 aliphatic rings. The van der Waals surface area contributed by atoms with Gasteiger partial charge in [-0.2, -0.15) is 5.10 Å². The normalized spacial score (nSPS) is 11.1. The number of aromatic nitrogens is 2. The van der Waals surface area contributed by atoms with Crippen LogP contribution in [0.15, 0.2) is 54.6 Å². The van der Waals surface area contributed by atoms with E-state index in [4.69, 9.17) is 16.3 Å². The van der Waals surface area contributed by atoms with Crippen LogP contribution in [-0.4, -0.2) is 27.8 Å². The summed E-state index contributed by atoms with van der Waals surface area (Å²) >= 11 is 6.17. The van der Waals surface area contributed by atoms with Crippen molar-refractivity contribution in [2.45, 2.75) is 0 Å². The number of hydrogen-bond acceptors (Lipinski definition) is 4. The van der Waals surface area contributed by atoms with E-state index in [1.54, 1.807) is 12.1 Å². The topological polar surface area (TPSA) is 63.8 Å². The van der Waals surface area contributed by atoms with Gasteiger partial charge < -0.3 is 9.84 Å². The van der Waals surface area contributed by atoms with Gasteiger partial charge >= 0.3 is 5.97 Å². The first-order valence-electron chi connectivity index (χ1n) is 7.58. The third-order valence-electron chi connectivity index (χ3n) is 4.10. The van der Waals surface area contributed by atoms with Crippen molar-refractivity contribution < 1.29 is 14.6 Å². The number of methoxy groups -OCH3 is 1. The molecule has 0 atom stereocenters. The summed E-state index contributed by atoms with van der Waals surface area (Å²) in [7, 11) is 1.29. The van der Waals surface area contributed by atoms with Gasteiger partial charge in [-0.15, -0.1) is 0 Å². The number of benzene rings is 2. The molecule has 25 heavy (non-hydrogen) atoms. The number of carbonyl (C=O) groups excluding carboxylic acids is 1.